The van der Waals surface area contributed by atoms with Crippen molar-refractivity contribution >= 4 is 11.7 Å². The number of amides is 1. The quantitative estimate of drug-likeness (QED) is 0.635. The number of nitrogens with zero attached hydrogens (tertiary/aromatic N) is 2. The summed E-state index contributed by atoms with van der Waals surface area (Å²) < 4.78 is 1.55. The average molecular weight is 402 g/mol. The van der Waals surface area contributed by atoms with E-state index in [2.05, 4.69) is 40.7 Å². The lowest BCUT2D eigenvalue weighted by molar-refractivity contribution is 0.0951. The van der Waals surface area contributed by atoms with Crippen LogP contribution < -0.4 is 16.2 Å². The van der Waals surface area contributed by atoms with Crippen molar-refractivity contribution in [2.24, 2.45) is 0 Å². The Morgan fingerprint density at radius 3 is 2.77 bits per heavy atom. The van der Waals surface area contributed by atoms with E-state index in [1.165, 1.54) is 11.1 Å². The topological polar surface area (TPSA) is 76.0 Å². The average Bonchev–Trinajstić information content (AvgIpc) is 3.54. The third-order valence-electron chi connectivity index (χ3n) is 5.27. The van der Waals surface area contributed by atoms with Crippen molar-refractivity contribution in [1.82, 2.24) is 14.9 Å². The maximum atomic E-state index is 13.0. The molecular formula is C24H26N4O2. The molecule has 1 aromatic heterocycles. The molecule has 1 amide bonds. The van der Waals surface area contributed by atoms with Gasteiger partial charge < -0.3 is 10.6 Å². The van der Waals surface area contributed by atoms with Gasteiger partial charge in [-0.15, -0.1) is 0 Å². The van der Waals surface area contributed by atoms with Crippen LogP contribution in [0, 0.1) is 13.8 Å². The Balaban J connectivity index is 1.53. The normalized spacial score (nSPS) is 13.1. The summed E-state index contributed by atoms with van der Waals surface area (Å²) in [6, 6.07) is 14.0. The van der Waals surface area contributed by atoms with E-state index < -0.39 is 0 Å². The van der Waals surface area contributed by atoms with E-state index in [4.69, 9.17) is 0 Å². The lowest BCUT2D eigenvalue weighted by atomic mass is 10.1. The van der Waals surface area contributed by atoms with Gasteiger partial charge >= 0.3 is 0 Å². The maximum absolute atomic E-state index is 13.0. The first-order valence-corrected chi connectivity index (χ1v) is 10.3. The second-order valence-corrected chi connectivity index (χ2v) is 7.87. The van der Waals surface area contributed by atoms with E-state index in [9.17, 15) is 9.59 Å². The standard InChI is InChI=1S/C24H26N4O2/c1-16-4-3-5-18(14-16)10-11-25-22-24(30)28(13-12-26-22)21-15-19(7-6-17(21)2)23(29)27-20-8-9-20/h3-7,12-15,20H,8-11H2,1-2H3,(H,25,26)(H,27,29). The molecule has 2 N–H and O–H groups in total. The first kappa shape index (κ1) is 19.9. The van der Waals surface area contributed by atoms with Crippen LogP contribution in [0.3, 0.4) is 0 Å². The fourth-order valence-corrected chi connectivity index (χ4v) is 3.42. The van der Waals surface area contributed by atoms with E-state index in [1.807, 2.05) is 19.1 Å². The van der Waals surface area contributed by atoms with E-state index in [-0.39, 0.29) is 17.5 Å². The first-order valence-electron chi connectivity index (χ1n) is 10.3. The van der Waals surface area contributed by atoms with Crippen LogP contribution in [0.2, 0.25) is 0 Å². The van der Waals surface area contributed by atoms with Crippen LogP contribution in [0.5, 0.6) is 0 Å². The molecular weight excluding hydrogens is 376 g/mol. The maximum Gasteiger partial charge on any atom is 0.297 e. The summed E-state index contributed by atoms with van der Waals surface area (Å²) in [7, 11) is 0. The Bertz CT molecular complexity index is 1130. The highest BCUT2D eigenvalue weighted by Gasteiger charge is 2.24. The van der Waals surface area contributed by atoms with Crippen molar-refractivity contribution in [2.45, 2.75) is 39.2 Å². The molecule has 1 aliphatic rings. The van der Waals surface area contributed by atoms with Gasteiger partial charge in [-0.3, -0.25) is 14.2 Å². The van der Waals surface area contributed by atoms with Gasteiger partial charge in [-0.1, -0.05) is 35.9 Å². The summed E-state index contributed by atoms with van der Waals surface area (Å²) in [5.41, 5.74) is 4.35. The summed E-state index contributed by atoms with van der Waals surface area (Å²) in [5.74, 6) is 0.203. The predicted molar refractivity (Wildman–Crippen MR) is 118 cm³/mol. The molecule has 0 aliphatic heterocycles. The van der Waals surface area contributed by atoms with Crippen LogP contribution in [-0.4, -0.2) is 28.0 Å². The molecule has 3 aromatic rings. The molecule has 4 rings (SSSR count). The minimum atomic E-state index is -0.232. The zero-order valence-electron chi connectivity index (χ0n) is 17.3. The van der Waals surface area contributed by atoms with Crippen molar-refractivity contribution in [3.63, 3.8) is 0 Å². The van der Waals surface area contributed by atoms with Crippen LogP contribution >= 0.6 is 0 Å². The summed E-state index contributed by atoms with van der Waals surface area (Å²) in [6.45, 7) is 4.60. The van der Waals surface area contributed by atoms with Gasteiger partial charge in [0.25, 0.3) is 11.5 Å². The molecule has 0 atom stereocenters. The number of carbonyl (C=O) groups excluding carboxylic acids is 1. The number of hydrogen-bond acceptors (Lipinski definition) is 4. The SMILES string of the molecule is Cc1cccc(CCNc2nccn(-c3cc(C(=O)NC4CC4)ccc3C)c2=O)c1. The Morgan fingerprint density at radius 1 is 1.17 bits per heavy atom. The zero-order valence-corrected chi connectivity index (χ0v) is 17.3. The monoisotopic (exact) mass is 402 g/mol. The Kier molecular flexibility index (Phi) is 5.65. The van der Waals surface area contributed by atoms with E-state index >= 15 is 0 Å². The highest BCUT2D eigenvalue weighted by molar-refractivity contribution is 5.95. The minimum absolute atomic E-state index is 0.0997. The molecule has 30 heavy (non-hydrogen) atoms. The molecule has 0 radical (unpaired) electrons. The van der Waals surface area contributed by atoms with Crippen LogP contribution in [0.1, 0.15) is 39.9 Å². The van der Waals surface area contributed by atoms with E-state index in [0.29, 0.717) is 23.6 Å². The van der Waals surface area contributed by atoms with E-state index in [0.717, 1.165) is 24.8 Å². The molecule has 1 heterocycles. The number of aromatic nitrogens is 2. The van der Waals surface area contributed by atoms with Crippen LogP contribution in [-0.2, 0) is 6.42 Å². The minimum Gasteiger partial charge on any atom is -0.365 e. The second-order valence-electron chi connectivity index (χ2n) is 7.87. The molecule has 1 aliphatic carbocycles. The number of benzene rings is 2. The fourth-order valence-electron chi connectivity index (χ4n) is 3.42. The molecule has 0 bridgehead atoms. The van der Waals surface area contributed by atoms with Gasteiger partial charge in [0.1, 0.15) is 0 Å². The predicted octanol–water partition coefficient (Wildman–Crippen LogP) is 3.40. The van der Waals surface area contributed by atoms with Crippen molar-refractivity contribution in [3.05, 3.63) is 87.5 Å². The molecule has 154 valence electrons. The smallest absolute Gasteiger partial charge is 0.297 e. The van der Waals surface area contributed by atoms with Crippen molar-refractivity contribution < 1.29 is 4.79 Å². The van der Waals surface area contributed by atoms with Gasteiger partial charge in [-0.05, 0) is 56.4 Å². The van der Waals surface area contributed by atoms with Crippen LogP contribution in [0.15, 0.2) is 59.7 Å². The number of nitrogens with one attached hydrogen (secondary N) is 2. The Labute approximate surface area is 176 Å². The number of rotatable bonds is 7. The lowest BCUT2D eigenvalue weighted by Gasteiger charge is -2.13. The summed E-state index contributed by atoms with van der Waals surface area (Å²) in [6.07, 6.45) is 6.11. The summed E-state index contributed by atoms with van der Waals surface area (Å²) >= 11 is 0. The van der Waals surface area contributed by atoms with Gasteiger partial charge in [-0.2, -0.15) is 0 Å². The third-order valence-corrected chi connectivity index (χ3v) is 5.27. The van der Waals surface area contributed by atoms with Gasteiger partial charge in [0, 0.05) is 30.5 Å². The van der Waals surface area contributed by atoms with Crippen LogP contribution in [0.4, 0.5) is 5.82 Å². The first-order chi connectivity index (χ1) is 14.5. The number of anilines is 1. The Hall–Kier alpha value is -3.41. The second kappa shape index (κ2) is 8.53. The van der Waals surface area contributed by atoms with Crippen molar-refractivity contribution in [1.29, 1.82) is 0 Å². The van der Waals surface area contributed by atoms with Gasteiger partial charge in [0.2, 0.25) is 0 Å². The number of hydrogen-bond donors (Lipinski definition) is 2. The third kappa shape index (κ3) is 4.59. The zero-order chi connectivity index (χ0) is 21.1. The molecule has 6 nitrogen and oxygen atoms in total. The van der Waals surface area contributed by atoms with Crippen molar-refractivity contribution in [3.8, 4) is 5.69 Å². The number of aryl methyl sites for hydroxylation is 2. The highest BCUT2D eigenvalue weighted by Crippen LogP contribution is 2.20. The molecule has 6 heteroatoms. The fraction of sp³-hybridized carbons (Fsp3) is 0.292. The summed E-state index contributed by atoms with van der Waals surface area (Å²) in [5, 5.41) is 6.15. The molecule has 1 fully saturated rings. The molecule has 0 saturated heterocycles. The lowest BCUT2D eigenvalue weighted by Crippen LogP contribution is -2.27. The molecule has 0 spiro atoms. The largest absolute Gasteiger partial charge is 0.365 e. The Morgan fingerprint density at radius 2 is 2.00 bits per heavy atom. The highest BCUT2D eigenvalue weighted by atomic mass is 16.2. The number of carbonyl (C=O) groups is 1. The van der Waals surface area contributed by atoms with E-state index in [1.54, 1.807) is 29.1 Å². The molecule has 1 saturated carbocycles. The van der Waals surface area contributed by atoms with Gasteiger partial charge in [-0.25, -0.2) is 4.98 Å². The van der Waals surface area contributed by atoms with Gasteiger partial charge in [0.15, 0.2) is 5.82 Å². The van der Waals surface area contributed by atoms with Crippen LogP contribution in [0.25, 0.3) is 5.69 Å². The van der Waals surface area contributed by atoms with Gasteiger partial charge in [0.05, 0.1) is 5.69 Å². The van der Waals surface area contributed by atoms with Crippen molar-refractivity contribution in [2.75, 3.05) is 11.9 Å². The summed E-state index contributed by atoms with van der Waals surface area (Å²) in [4.78, 5) is 29.7. The molecule has 2 aromatic carbocycles. The molecule has 0 unspecified atom stereocenters.